The lowest BCUT2D eigenvalue weighted by molar-refractivity contribution is 0.188. The molecule has 206 valence electrons. The van der Waals surface area contributed by atoms with E-state index in [-0.39, 0.29) is 35.9 Å². The highest BCUT2D eigenvalue weighted by Crippen LogP contribution is 2.35. The van der Waals surface area contributed by atoms with E-state index in [1.807, 2.05) is 42.0 Å². The number of nitrogens with one attached hydrogen (secondary N) is 1. The predicted octanol–water partition coefficient (Wildman–Crippen LogP) is 3.80. The minimum atomic E-state index is -0.909. The molecule has 3 atom stereocenters. The first-order chi connectivity index (χ1) is 19.4. The van der Waals surface area contributed by atoms with E-state index < -0.39 is 12.0 Å². The second-order valence-corrected chi connectivity index (χ2v) is 10.6. The molecule has 2 aliphatic heterocycles. The molecule has 3 aromatic heterocycles. The number of fused-ring (bicyclic) bond motifs is 2. The maximum Gasteiger partial charge on any atom is 0.319 e. The number of nitrogens with zero attached hydrogens (tertiary/aromatic N) is 7. The summed E-state index contributed by atoms with van der Waals surface area (Å²) in [6, 6.07) is 7.91. The van der Waals surface area contributed by atoms with E-state index in [4.69, 9.17) is 4.74 Å². The molecular formula is C29H30F2N8O. The lowest BCUT2D eigenvalue weighted by Gasteiger charge is -2.34. The second-order valence-electron chi connectivity index (χ2n) is 10.6. The van der Waals surface area contributed by atoms with Gasteiger partial charge in [0, 0.05) is 67.8 Å². The Hall–Kier alpha value is -4.01. The summed E-state index contributed by atoms with van der Waals surface area (Å²) in [7, 11) is 1.86. The summed E-state index contributed by atoms with van der Waals surface area (Å²) in [5.74, 6) is -0.0909. The molecule has 6 rings (SSSR count). The van der Waals surface area contributed by atoms with Gasteiger partial charge in [0.25, 0.3) is 0 Å². The van der Waals surface area contributed by atoms with Gasteiger partial charge in [-0.05, 0) is 31.3 Å². The van der Waals surface area contributed by atoms with Crippen LogP contribution in [0, 0.1) is 24.1 Å². The van der Waals surface area contributed by atoms with Crippen molar-refractivity contribution in [2.24, 2.45) is 0 Å². The van der Waals surface area contributed by atoms with Gasteiger partial charge >= 0.3 is 6.01 Å². The Labute approximate surface area is 230 Å². The summed E-state index contributed by atoms with van der Waals surface area (Å²) in [5.41, 5.74) is 1.80. The largest absolute Gasteiger partial charge is 0.462 e. The monoisotopic (exact) mass is 544 g/mol. The molecule has 1 aromatic carbocycles. The number of aryl methyl sites for hydroxylation is 1. The van der Waals surface area contributed by atoms with Crippen LogP contribution in [-0.2, 0) is 0 Å². The third-order valence-electron chi connectivity index (χ3n) is 7.83. The van der Waals surface area contributed by atoms with Gasteiger partial charge in [-0.3, -0.25) is 14.9 Å². The second kappa shape index (κ2) is 10.9. The smallest absolute Gasteiger partial charge is 0.319 e. The van der Waals surface area contributed by atoms with Crippen LogP contribution in [0.2, 0.25) is 0 Å². The third-order valence-corrected chi connectivity index (χ3v) is 7.83. The zero-order valence-electron chi connectivity index (χ0n) is 22.4. The van der Waals surface area contributed by atoms with Crippen LogP contribution in [-0.4, -0.2) is 82.9 Å². The highest BCUT2D eigenvalue weighted by molar-refractivity contribution is 6.00. The molecule has 1 N–H and O–H groups in total. The van der Waals surface area contributed by atoms with Gasteiger partial charge in [0.2, 0.25) is 0 Å². The number of halogens is 2. The van der Waals surface area contributed by atoms with E-state index in [0.29, 0.717) is 55.8 Å². The molecule has 40 heavy (non-hydrogen) atoms. The molecule has 1 unspecified atom stereocenters. The van der Waals surface area contributed by atoms with E-state index in [0.717, 1.165) is 16.3 Å². The number of aromatic nitrogens is 4. The van der Waals surface area contributed by atoms with Crippen LogP contribution in [0.4, 0.5) is 14.6 Å². The van der Waals surface area contributed by atoms with E-state index in [1.165, 1.54) is 0 Å². The van der Waals surface area contributed by atoms with Crippen molar-refractivity contribution in [2.45, 2.75) is 38.0 Å². The number of piperazine rings is 1. The minimum Gasteiger partial charge on any atom is -0.462 e. The Morgan fingerprint density at radius 3 is 2.88 bits per heavy atom. The Morgan fingerprint density at radius 1 is 1.20 bits per heavy atom. The van der Waals surface area contributed by atoms with Crippen LogP contribution in [0.15, 0.2) is 36.8 Å². The zero-order chi connectivity index (χ0) is 27.8. The molecule has 0 spiro atoms. The van der Waals surface area contributed by atoms with Gasteiger partial charge in [0.15, 0.2) is 5.82 Å². The standard InChI is InChI=1S/C29H30F2N8O/c1-17-4-3-5-18-11-33-12-22(24(17)18)26-25(31)27-23(13-35-26)28(39-9-8-34-20(15-39)6-7-32)37-29(36-27)40-16-21-10-19(30)14-38(21)2/h3-5,11-13,19-21,34H,6,8-10,14-16H2,1-2H3/t19-,20?,21+/m1/s1. The van der Waals surface area contributed by atoms with Gasteiger partial charge in [-0.25, -0.2) is 8.78 Å². The number of anilines is 1. The molecule has 4 aromatic rings. The average molecular weight is 545 g/mol. The molecule has 0 saturated carbocycles. The number of rotatable bonds is 6. The maximum atomic E-state index is 16.4. The Kier molecular flexibility index (Phi) is 7.12. The molecule has 2 saturated heterocycles. The van der Waals surface area contributed by atoms with Crippen LogP contribution in [0.25, 0.3) is 32.9 Å². The van der Waals surface area contributed by atoms with Crippen LogP contribution < -0.4 is 15.0 Å². The molecule has 9 nitrogen and oxygen atoms in total. The summed E-state index contributed by atoms with van der Waals surface area (Å²) >= 11 is 0. The van der Waals surface area contributed by atoms with Crippen LogP contribution in [0.3, 0.4) is 0 Å². The van der Waals surface area contributed by atoms with Gasteiger partial charge < -0.3 is 15.0 Å². The van der Waals surface area contributed by atoms with E-state index in [9.17, 15) is 9.65 Å². The lowest BCUT2D eigenvalue weighted by atomic mass is 10.00. The predicted molar refractivity (Wildman–Crippen MR) is 148 cm³/mol. The Bertz CT molecular complexity index is 1600. The normalized spacial score (nSPS) is 21.7. The van der Waals surface area contributed by atoms with Gasteiger partial charge in [0.1, 0.15) is 29.8 Å². The number of hydrogen-bond donors (Lipinski definition) is 1. The van der Waals surface area contributed by atoms with Gasteiger partial charge in [-0.15, -0.1) is 0 Å². The molecule has 0 bridgehead atoms. The third kappa shape index (κ3) is 4.89. The first-order valence-electron chi connectivity index (χ1n) is 13.4. The fourth-order valence-corrected chi connectivity index (χ4v) is 5.76. The molecule has 0 amide bonds. The molecule has 0 aliphatic carbocycles. The fourth-order valence-electron chi connectivity index (χ4n) is 5.76. The highest BCUT2D eigenvalue weighted by atomic mass is 19.1. The first-order valence-corrected chi connectivity index (χ1v) is 13.4. The average Bonchev–Trinajstić information content (AvgIpc) is 3.28. The van der Waals surface area contributed by atoms with Crippen LogP contribution >= 0.6 is 0 Å². The molecule has 2 fully saturated rings. The van der Waals surface area contributed by atoms with Gasteiger partial charge in [0.05, 0.1) is 17.9 Å². The van der Waals surface area contributed by atoms with Crippen molar-refractivity contribution in [3.8, 4) is 23.3 Å². The van der Waals surface area contributed by atoms with E-state index in [1.54, 1.807) is 18.6 Å². The summed E-state index contributed by atoms with van der Waals surface area (Å²) < 4.78 is 36.4. The van der Waals surface area contributed by atoms with Crippen molar-refractivity contribution in [1.29, 1.82) is 5.26 Å². The minimum absolute atomic E-state index is 0.0249. The highest BCUT2D eigenvalue weighted by Gasteiger charge is 2.31. The van der Waals surface area contributed by atoms with Crippen LogP contribution in [0.5, 0.6) is 6.01 Å². The number of hydrogen-bond acceptors (Lipinski definition) is 9. The molecule has 5 heterocycles. The molecule has 0 radical (unpaired) electrons. The SMILES string of the molecule is Cc1cccc2cncc(-c3ncc4c(N5CCNC(CC#N)C5)nc(OC[C@@H]5C[C@@H](F)CN5C)nc4c3F)c12. The quantitative estimate of drug-likeness (QED) is 0.388. The summed E-state index contributed by atoms with van der Waals surface area (Å²) in [4.78, 5) is 22.0. The zero-order valence-corrected chi connectivity index (χ0v) is 22.4. The number of pyridine rings is 2. The van der Waals surface area contributed by atoms with Gasteiger partial charge in [-0.1, -0.05) is 18.2 Å². The lowest BCUT2D eigenvalue weighted by Crippen LogP contribution is -2.51. The number of ether oxygens (including phenoxy) is 1. The maximum absolute atomic E-state index is 16.4. The van der Waals surface area contributed by atoms with Crippen molar-refractivity contribution < 1.29 is 13.5 Å². The molecule has 2 aliphatic rings. The summed E-state index contributed by atoms with van der Waals surface area (Å²) in [5, 5.41) is 14.8. The summed E-state index contributed by atoms with van der Waals surface area (Å²) in [6.45, 7) is 4.28. The number of likely N-dealkylation sites (N-methyl/N-ethyl adjacent to an activating group) is 1. The Balaban J connectivity index is 1.46. The number of benzene rings is 1. The summed E-state index contributed by atoms with van der Waals surface area (Å²) in [6.07, 6.45) is 4.77. The first kappa shape index (κ1) is 26.2. The number of alkyl halides is 1. The molecule has 11 heteroatoms. The Morgan fingerprint density at radius 2 is 2.08 bits per heavy atom. The van der Waals surface area contributed by atoms with Crippen molar-refractivity contribution in [1.82, 2.24) is 30.2 Å². The number of nitriles is 1. The van der Waals surface area contributed by atoms with E-state index >= 15 is 4.39 Å². The van der Waals surface area contributed by atoms with Crippen molar-refractivity contribution >= 4 is 27.5 Å². The van der Waals surface area contributed by atoms with Gasteiger partial charge in [-0.2, -0.15) is 15.2 Å². The van der Waals surface area contributed by atoms with Crippen molar-refractivity contribution in [2.75, 3.05) is 44.7 Å². The molecular weight excluding hydrogens is 514 g/mol. The van der Waals surface area contributed by atoms with Crippen molar-refractivity contribution in [3.63, 3.8) is 0 Å². The van der Waals surface area contributed by atoms with Crippen LogP contribution in [0.1, 0.15) is 18.4 Å². The fraction of sp³-hybridized carbons (Fsp3) is 0.414. The van der Waals surface area contributed by atoms with Crippen molar-refractivity contribution in [3.05, 3.63) is 48.2 Å². The topological polar surface area (TPSA) is 103 Å². The number of likely N-dealkylation sites (tertiary alicyclic amines) is 1. The van der Waals surface area contributed by atoms with E-state index in [2.05, 4.69) is 31.3 Å².